The molecule has 0 aromatic heterocycles. The van der Waals surface area contributed by atoms with Crippen LogP contribution in [0.2, 0.25) is 0 Å². The van der Waals surface area contributed by atoms with Crippen molar-refractivity contribution in [2.45, 2.75) is 26.4 Å². The molecule has 0 saturated carbocycles. The Balaban J connectivity index is 1.49. The van der Waals surface area contributed by atoms with E-state index in [1.807, 2.05) is 37.3 Å². The second-order valence-electron chi connectivity index (χ2n) is 8.88. The number of esters is 1. The summed E-state index contributed by atoms with van der Waals surface area (Å²) in [4.78, 5) is 37.1. The smallest absolute Gasteiger partial charge is 0.336 e. The summed E-state index contributed by atoms with van der Waals surface area (Å²) in [5.74, 6) is -0.690. The third-order valence-electron chi connectivity index (χ3n) is 6.57. The van der Waals surface area contributed by atoms with Crippen molar-refractivity contribution in [1.82, 2.24) is 5.32 Å². The highest BCUT2D eigenvalue weighted by molar-refractivity contribution is 9.10. The molecular weight excluding hydrogens is 552 g/mol. The predicted molar refractivity (Wildman–Crippen MR) is 144 cm³/mol. The predicted octanol–water partition coefficient (Wildman–Crippen LogP) is 6.07. The minimum absolute atomic E-state index is 0.0132. The number of ketones is 1. The van der Waals surface area contributed by atoms with Crippen LogP contribution in [0.1, 0.15) is 46.8 Å². The maximum absolute atomic E-state index is 13.6. The summed E-state index contributed by atoms with van der Waals surface area (Å²) in [6.45, 7) is 3.97. The molecule has 192 valence electrons. The summed E-state index contributed by atoms with van der Waals surface area (Å²) < 4.78 is 12.0. The number of nitro benzene ring substituents is 1. The number of rotatable bonds is 7. The van der Waals surface area contributed by atoms with Crippen molar-refractivity contribution in [3.8, 4) is 5.75 Å². The topological polar surface area (TPSA) is 108 Å². The van der Waals surface area contributed by atoms with Crippen LogP contribution in [0, 0.1) is 10.1 Å². The van der Waals surface area contributed by atoms with E-state index >= 15 is 0 Å². The molecule has 0 unspecified atom stereocenters. The highest BCUT2D eigenvalue weighted by Gasteiger charge is 2.43. The number of hydrogen-bond donors (Lipinski definition) is 1. The molecule has 0 amide bonds. The van der Waals surface area contributed by atoms with Gasteiger partial charge in [0.05, 0.1) is 27.3 Å². The Bertz CT molecular complexity index is 1540. The molecule has 0 saturated heterocycles. The fraction of sp³-hybridized carbons (Fsp3) is 0.172. The van der Waals surface area contributed by atoms with E-state index in [0.29, 0.717) is 38.3 Å². The van der Waals surface area contributed by atoms with Crippen molar-refractivity contribution >= 4 is 39.1 Å². The van der Waals surface area contributed by atoms with Crippen LogP contribution in [-0.2, 0) is 16.1 Å². The highest BCUT2D eigenvalue weighted by Crippen LogP contribution is 2.47. The van der Waals surface area contributed by atoms with E-state index in [2.05, 4.69) is 21.2 Å². The van der Waals surface area contributed by atoms with Crippen LogP contribution in [0.5, 0.6) is 5.75 Å². The average Bonchev–Trinajstić information content (AvgIpc) is 3.19. The number of dihydropyridines is 1. The van der Waals surface area contributed by atoms with Gasteiger partial charge in [0, 0.05) is 40.4 Å². The summed E-state index contributed by atoms with van der Waals surface area (Å²) in [6.07, 6.45) is 0. The van der Waals surface area contributed by atoms with E-state index in [-0.39, 0.29) is 24.7 Å². The molecule has 8 nitrogen and oxygen atoms in total. The van der Waals surface area contributed by atoms with Crippen LogP contribution < -0.4 is 10.1 Å². The number of nitrogens with one attached hydrogen (secondary N) is 1. The number of fused-ring (bicyclic) bond motifs is 2. The monoisotopic (exact) mass is 574 g/mol. The summed E-state index contributed by atoms with van der Waals surface area (Å²) in [5, 5.41) is 14.2. The number of ether oxygens (including phenoxy) is 2. The molecule has 3 aromatic rings. The van der Waals surface area contributed by atoms with Gasteiger partial charge in [0.25, 0.3) is 5.69 Å². The molecule has 0 spiro atoms. The molecule has 3 aromatic carbocycles. The molecule has 38 heavy (non-hydrogen) atoms. The number of carbonyl (C=O) groups excluding carboxylic acids is 2. The average molecular weight is 575 g/mol. The van der Waals surface area contributed by atoms with Gasteiger partial charge in [0.15, 0.2) is 5.78 Å². The molecule has 2 aliphatic rings. The Morgan fingerprint density at radius 1 is 1.08 bits per heavy atom. The maximum Gasteiger partial charge on any atom is 0.336 e. The molecular formula is C29H23BrN2O6. The first-order chi connectivity index (χ1) is 18.3. The Labute approximate surface area is 227 Å². The number of non-ortho nitro benzene ring substituents is 1. The van der Waals surface area contributed by atoms with Crippen LogP contribution in [0.4, 0.5) is 5.69 Å². The minimum atomic E-state index is -0.634. The Morgan fingerprint density at radius 3 is 2.45 bits per heavy atom. The molecule has 1 heterocycles. The lowest BCUT2D eigenvalue weighted by Crippen LogP contribution is -2.29. The SMILES string of the molecule is CCOC(=O)C1=C(C)NC2=C(C(=O)c3ccccc32)[C@@H]1c1ccc(OCc2ccc([N+](=O)[O-])cc2)c(Br)c1. The molecule has 0 fully saturated rings. The van der Waals surface area contributed by atoms with Crippen molar-refractivity contribution < 1.29 is 24.0 Å². The summed E-state index contributed by atoms with van der Waals surface area (Å²) in [7, 11) is 0. The van der Waals surface area contributed by atoms with Crippen LogP contribution in [0.3, 0.4) is 0 Å². The van der Waals surface area contributed by atoms with E-state index in [0.717, 1.165) is 16.7 Å². The first-order valence-electron chi connectivity index (χ1n) is 12.0. The van der Waals surface area contributed by atoms with Gasteiger partial charge in [0.1, 0.15) is 12.4 Å². The van der Waals surface area contributed by atoms with Crippen LogP contribution in [-0.4, -0.2) is 23.3 Å². The van der Waals surface area contributed by atoms with E-state index in [1.54, 1.807) is 31.2 Å². The number of nitro groups is 1. The lowest BCUT2D eigenvalue weighted by molar-refractivity contribution is -0.384. The zero-order valence-electron chi connectivity index (χ0n) is 20.6. The molecule has 1 aliphatic heterocycles. The van der Waals surface area contributed by atoms with Gasteiger partial charge in [-0.25, -0.2) is 4.79 Å². The third-order valence-corrected chi connectivity index (χ3v) is 7.19. The lowest BCUT2D eigenvalue weighted by Gasteiger charge is -2.29. The van der Waals surface area contributed by atoms with Gasteiger partial charge < -0.3 is 14.8 Å². The Morgan fingerprint density at radius 2 is 1.79 bits per heavy atom. The van der Waals surface area contributed by atoms with Gasteiger partial charge in [-0.2, -0.15) is 0 Å². The molecule has 5 rings (SSSR count). The number of allylic oxidation sites excluding steroid dienone is 2. The number of halogens is 1. The molecule has 0 radical (unpaired) electrons. The van der Waals surface area contributed by atoms with E-state index in [4.69, 9.17) is 9.47 Å². The molecule has 9 heteroatoms. The fourth-order valence-corrected chi connectivity index (χ4v) is 5.34. The lowest BCUT2D eigenvalue weighted by atomic mass is 9.80. The first kappa shape index (κ1) is 25.4. The highest BCUT2D eigenvalue weighted by atomic mass is 79.9. The van der Waals surface area contributed by atoms with Crippen LogP contribution in [0.15, 0.2) is 88.0 Å². The van der Waals surface area contributed by atoms with Crippen molar-refractivity contribution in [3.05, 3.63) is 120 Å². The number of benzene rings is 3. The van der Waals surface area contributed by atoms with Crippen molar-refractivity contribution in [1.29, 1.82) is 0 Å². The van der Waals surface area contributed by atoms with E-state index in [9.17, 15) is 19.7 Å². The number of carbonyl (C=O) groups is 2. The standard InChI is InChI=1S/C29H23BrN2O6/c1-3-37-29(34)24-16(2)31-27-20-6-4-5-7-21(20)28(33)26(27)25(24)18-10-13-23(22(30)14-18)38-15-17-8-11-19(12-9-17)32(35)36/h4-14,25,31H,3,15H2,1-2H3/t25-/m1/s1. The van der Waals surface area contributed by atoms with Crippen molar-refractivity contribution in [3.63, 3.8) is 0 Å². The van der Waals surface area contributed by atoms with Gasteiger partial charge in [-0.15, -0.1) is 0 Å². The van der Waals surface area contributed by atoms with Crippen LogP contribution >= 0.6 is 15.9 Å². The molecule has 0 bridgehead atoms. The Hall–Kier alpha value is -4.24. The summed E-state index contributed by atoms with van der Waals surface area (Å²) in [5.41, 5.74) is 5.15. The van der Waals surface area contributed by atoms with Gasteiger partial charge in [-0.1, -0.05) is 30.3 Å². The van der Waals surface area contributed by atoms with Gasteiger partial charge >= 0.3 is 5.97 Å². The molecule has 1 aliphatic carbocycles. The molecule has 1 atom stereocenters. The molecule has 1 N–H and O–H groups in total. The van der Waals surface area contributed by atoms with Crippen LogP contribution in [0.25, 0.3) is 5.70 Å². The minimum Gasteiger partial charge on any atom is -0.488 e. The van der Waals surface area contributed by atoms with Gasteiger partial charge in [-0.05, 0) is 65.2 Å². The Kier molecular flexibility index (Phi) is 6.86. The third kappa shape index (κ3) is 4.50. The van der Waals surface area contributed by atoms with Crippen molar-refractivity contribution in [2.75, 3.05) is 6.61 Å². The largest absolute Gasteiger partial charge is 0.488 e. The zero-order valence-corrected chi connectivity index (χ0v) is 22.2. The van der Waals surface area contributed by atoms with Gasteiger partial charge in [0.2, 0.25) is 0 Å². The fourth-order valence-electron chi connectivity index (χ4n) is 4.83. The quantitative estimate of drug-likeness (QED) is 0.207. The summed E-state index contributed by atoms with van der Waals surface area (Å²) in [6, 6.07) is 19.0. The number of Topliss-reactive ketones (excluding diaryl/α,β-unsaturated/α-hetero) is 1. The van der Waals surface area contributed by atoms with Gasteiger partial charge in [-0.3, -0.25) is 14.9 Å². The second kappa shape index (κ2) is 10.3. The van der Waals surface area contributed by atoms with Crippen molar-refractivity contribution in [2.24, 2.45) is 0 Å². The van der Waals surface area contributed by atoms with E-state index < -0.39 is 16.8 Å². The normalized spacial score (nSPS) is 16.1. The zero-order chi connectivity index (χ0) is 27.0. The summed E-state index contributed by atoms with van der Waals surface area (Å²) >= 11 is 3.57. The van der Waals surface area contributed by atoms with E-state index in [1.165, 1.54) is 12.1 Å². The number of hydrogen-bond acceptors (Lipinski definition) is 7. The maximum atomic E-state index is 13.6. The number of nitrogens with zero attached hydrogens (tertiary/aromatic N) is 1. The first-order valence-corrected chi connectivity index (χ1v) is 12.8. The second-order valence-corrected chi connectivity index (χ2v) is 9.74.